The highest BCUT2D eigenvalue weighted by Gasteiger charge is 2.22. The van der Waals surface area contributed by atoms with Gasteiger partial charge >= 0.3 is 6.03 Å². The van der Waals surface area contributed by atoms with Crippen molar-refractivity contribution >= 4 is 35.0 Å². The zero-order valence-corrected chi connectivity index (χ0v) is 19.0. The van der Waals surface area contributed by atoms with Crippen LogP contribution in [0.5, 0.6) is 0 Å². The van der Waals surface area contributed by atoms with Crippen molar-refractivity contribution in [2.45, 2.75) is 33.1 Å². The van der Waals surface area contributed by atoms with Crippen molar-refractivity contribution in [1.29, 1.82) is 0 Å². The van der Waals surface area contributed by atoms with E-state index in [-0.39, 0.29) is 11.9 Å². The summed E-state index contributed by atoms with van der Waals surface area (Å²) in [6, 6.07) is 6.88. The second-order valence-electron chi connectivity index (χ2n) is 7.89. The average molecular weight is 456 g/mol. The van der Waals surface area contributed by atoms with Crippen LogP contribution in [0.15, 0.2) is 30.6 Å². The number of carbonyl (C=O) groups is 2. The van der Waals surface area contributed by atoms with Gasteiger partial charge in [0.05, 0.1) is 0 Å². The molecular formula is C22H26ClN7O2. The van der Waals surface area contributed by atoms with Gasteiger partial charge in [-0.05, 0) is 50.5 Å². The van der Waals surface area contributed by atoms with E-state index in [2.05, 4.69) is 20.4 Å². The molecule has 3 amide bonds. The lowest BCUT2D eigenvalue weighted by molar-refractivity contribution is -0.131. The maximum atomic E-state index is 12.9. The number of amides is 3. The van der Waals surface area contributed by atoms with Crippen LogP contribution in [0, 0.1) is 13.8 Å². The van der Waals surface area contributed by atoms with E-state index in [1.54, 1.807) is 33.7 Å². The van der Waals surface area contributed by atoms with Gasteiger partial charge in [-0.2, -0.15) is 10.1 Å². The number of anilines is 1. The number of urea groups is 1. The number of carbonyl (C=O) groups excluding carboxylic acids is 2. The highest BCUT2D eigenvalue weighted by Crippen LogP contribution is 2.17. The maximum absolute atomic E-state index is 12.9. The van der Waals surface area contributed by atoms with Gasteiger partial charge in [-0.25, -0.2) is 14.3 Å². The van der Waals surface area contributed by atoms with Gasteiger partial charge in [0.15, 0.2) is 0 Å². The molecule has 0 radical (unpaired) electrons. The minimum absolute atomic E-state index is 0.0830. The van der Waals surface area contributed by atoms with Gasteiger partial charge < -0.3 is 15.1 Å². The molecule has 0 unspecified atom stereocenters. The smallest absolute Gasteiger partial charge is 0.321 e. The fraction of sp³-hybridized carbons (Fsp3) is 0.409. The number of nitrogens with one attached hydrogen (secondary N) is 1. The lowest BCUT2D eigenvalue weighted by atomic mass is 10.1. The third-order valence-electron chi connectivity index (χ3n) is 5.79. The van der Waals surface area contributed by atoms with Crippen molar-refractivity contribution in [2.75, 3.05) is 31.5 Å². The number of aryl methyl sites for hydroxylation is 2. The molecule has 3 heterocycles. The van der Waals surface area contributed by atoms with Gasteiger partial charge in [0.2, 0.25) is 5.91 Å². The topological polar surface area (TPSA) is 95.7 Å². The van der Waals surface area contributed by atoms with Gasteiger partial charge in [0.1, 0.15) is 6.33 Å². The Kier molecular flexibility index (Phi) is 6.55. The van der Waals surface area contributed by atoms with E-state index in [4.69, 9.17) is 11.6 Å². The number of fused-ring (bicyclic) bond motifs is 1. The second-order valence-corrected chi connectivity index (χ2v) is 8.33. The predicted octanol–water partition coefficient (Wildman–Crippen LogP) is 3.09. The zero-order chi connectivity index (χ0) is 22.7. The Morgan fingerprint density at radius 1 is 1.12 bits per heavy atom. The predicted molar refractivity (Wildman–Crippen MR) is 122 cm³/mol. The van der Waals surface area contributed by atoms with E-state index >= 15 is 0 Å². The summed E-state index contributed by atoms with van der Waals surface area (Å²) in [5, 5.41) is 7.65. The van der Waals surface area contributed by atoms with Crippen LogP contribution in [-0.2, 0) is 11.2 Å². The molecule has 3 aromatic rings. The summed E-state index contributed by atoms with van der Waals surface area (Å²) in [6.45, 7) is 6.14. The zero-order valence-electron chi connectivity index (χ0n) is 18.2. The molecule has 2 aromatic heterocycles. The van der Waals surface area contributed by atoms with Crippen molar-refractivity contribution in [1.82, 2.24) is 29.4 Å². The molecule has 4 rings (SSSR count). The quantitative estimate of drug-likeness (QED) is 0.652. The van der Waals surface area contributed by atoms with E-state index in [0.29, 0.717) is 55.5 Å². The fourth-order valence-corrected chi connectivity index (χ4v) is 4.24. The first-order chi connectivity index (χ1) is 15.4. The fourth-order valence-electron chi connectivity index (χ4n) is 4.05. The van der Waals surface area contributed by atoms with Crippen LogP contribution in [0.2, 0.25) is 5.02 Å². The Bertz CT molecular complexity index is 1150. The van der Waals surface area contributed by atoms with Gasteiger partial charge in [0.25, 0.3) is 5.78 Å². The number of rotatable bonds is 4. The Morgan fingerprint density at radius 2 is 1.91 bits per heavy atom. The molecule has 0 atom stereocenters. The molecule has 1 aliphatic rings. The summed E-state index contributed by atoms with van der Waals surface area (Å²) >= 11 is 5.99. The van der Waals surface area contributed by atoms with Crippen LogP contribution < -0.4 is 5.32 Å². The standard InChI is InChI=1S/C22H26ClN7O2/c1-15-19(16(2)30-21(26-15)24-14-25-30)7-8-20(31)28-9-4-10-29(12-11-28)22(32)27-18-6-3-5-17(23)13-18/h3,5-6,13-14H,4,7-12H2,1-2H3,(H,27,32). The lowest BCUT2D eigenvalue weighted by Gasteiger charge is -2.23. The van der Waals surface area contributed by atoms with Gasteiger partial charge in [0, 0.05) is 54.7 Å². The first-order valence-electron chi connectivity index (χ1n) is 10.7. The lowest BCUT2D eigenvalue weighted by Crippen LogP contribution is -2.39. The SMILES string of the molecule is Cc1nc2ncnn2c(C)c1CCC(=O)N1CCCN(C(=O)Nc2cccc(Cl)c2)CC1. The number of halogens is 1. The highest BCUT2D eigenvalue weighted by molar-refractivity contribution is 6.30. The van der Waals surface area contributed by atoms with E-state index in [1.807, 2.05) is 18.7 Å². The summed E-state index contributed by atoms with van der Waals surface area (Å²) in [6.07, 6.45) is 3.20. The van der Waals surface area contributed by atoms with Gasteiger partial charge in [-0.15, -0.1) is 0 Å². The second kappa shape index (κ2) is 9.52. The molecule has 1 N–H and O–H groups in total. The third kappa shape index (κ3) is 4.83. The van der Waals surface area contributed by atoms with E-state index in [9.17, 15) is 9.59 Å². The summed E-state index contributed by atoms with van der Waals surface area (Å²) in [5.74, 6) is 0.651. The number of hydrogen-bond donors (Lipinski definition) is 1. The first kappa shape index (κ1) is 22.0. The third-order valence-corrected chi connectivity index (χ3v) is 6.02. The average Bonchev–Trinajstić information content (AvgIpc) is 3.08. The Hall–Kier alpha value is -3.20. The number of nitrogens with zero attached hydrogens (tertiary/aromatic N) is 6. The highest BCUT2D eigenvalue weighted by atomic mass is 35.5. The molecule has 1 saturated heterocycles. The molecule has 32 heavy (non-hydrogen) atoms. The molecule has 0 aliphatic carbocycles. The molecule has 9 nitrogen and oxygen atoms in total. The van der Waals surface area contributed by atoms with Crippen LogP contribution in [0.1, 0.15) is 29.8 Å². The minimum Gasteiger partial charge on any atom is -0.341 e. The van der Waals surface area contributed by atoms with Crippen LogP contribution in [0.3, 0.4) is 0 Å². The van der Waals surface area contributed by atoms with Gasteiger partial charge in [-0.3, -0.25) is 4.79 Å². The molecule has 1 fully saturated rings. The Morgan fingerprint density at radius 3 is 2.72 bits per heavy atom. The Balaban J connectivity index is 1.33. The summed E-state index contributed by atoms with van der Waals surface area (Å²) < 4.78 is 1.70. The van der Waals surface area contributed by atoms with Crippen molar-refractivity contribution in [2.24, 2.45) is 0 Å². The number of aromatic nitrogens is 4. The van der Waals surface area contributed by atoms with E-state index in [1.165, 1.54) is 6.33 Å². The Labute approximate surface area is 191 Å². The van der Waals surface area contributed by atoms with Crippen molar-refractivity contribution in [3.8, 4) is 0 Å². The van der Waals surface area contributed by atoms with Crippen molar-refractivity contribution < 1.29 is 9.59 Å². The minimum atomic E-state index is -0.181. The number of benzene rings is 1. The molecule has 0 spiro atoms. The van der Waals surface area contributed by atoms with Crippen LogP contribution in [0.25, 0.3) is 5.78 Å². The molecule has 1 aliphatic heterocycles. The normalized spacial score (nSPS) is 14.5. The van der Waals surface area contributed by atoms with E-state index in [0.717, 1.165) is 23.4 Å². The van der Waals surface area contributed by atoms with Gasteiger partial charge in [-0.1, -0.05) is 17.7 Å². The molecule has 1 aromatic carbocycles. The monoisotopic (exact) mass is 455 g/mol. The number of hydrogen-bond acceptors (Lipinski definition) is 5. The summed E-state index contributed by atoms with van der Waals surface area (Å²) in [7, 11) is 0. The van der Waals surface area contributed by atoms with Crippen LogP contribution >= 0.6 is 11.6 Å². The van der Waals surface area contributed by atoms with Crippen molar-refractivity contribution in [3.63, 3.8) is 0 Å². The molecular weight excluding hydrogens is 430 g/mol. The summed E-state index contributed by atoms with van der Waals surface area (Å²) in [4.78, 5) is 37.7. The van der Waals surface area contributed by atoms with Crippen molar-refractivity contribution in [3.05, 3.63) is 52.6 Å². The largest absolute Gasteiger partial charge is 0.341 e. The molecule has 0 bridgehead atoms. The molecule has 10 heteroatoms. The summed E-state index contributed by atoms with van der Waals surface area (Å²) in [5.41, 5.74) is 3.50. The van der Waals surface area contributed by atoms with E-state index < -0.39 is 0 Å². The van der Waals surface area contributed by atoms with Crippen LogP contribution in [0.4, 0.5) is 10.5 Å². The molecule has 168 valence electrons. The molecule has 0 saturated carbocycles. The first-order valence-corrected chi connectivity index (χ1v) is 11.1. The maximum Gasteiger partial charge on any atom is 0.321 e. The van der Waals surface area contributed by atoms with Crippen LogP contribution in [-0.4, -0.2) is 67.5 Å².